The predicted molar refractivity (Wildman–Crippen MR) is 108 cm³/mol. The van der Waals surface area contributed by atoms with Gasteiger partial charge in [0.05, 0.1) is 6.20 Å². The number of pyridine rings is 1. The number of nitrogens with zero attached hydrogens (tertiary/aromatic N) is 4. The Kier molecular flexibility index (Phi) is 6.18. The molecule has 1 aromatic heterocycles. The van der Waals surface area contributed by atoms with Crippen molar-refractivity contribution < 1.29 is 0 Å². The van der Waals surface area contributed by atoms with Crippen LogP contribution in [0.3, 0.4) is 0 Å². The van der Waals surface area contributed by atoms with Crippen LogP contribution in [0.5, 0.6) is 0 Å². The van der Waals surface area contributed by atoms with Crippen LogP contribution in [0.25, 0.3) is 5.57 Å². The summed E-state index contributed by atoms with van der Waals surface area (Å²) in [6, 6.07) is 20.0. The van der Waals surface area contributed by atoms with Gasteiger partial charge in [0, 0.05) is 16.8 Å². The van der Waals surface area contributed by atoms with Crippen molar-refractivity contribution in [2.24, 2.45) is 15.4 Å². The number of hydrogen-bond donors (Lipinski definition) is 0. The molecule has 0 N–H and O–H groups in total. The molecule has 2 aromatic carbocycles. The molecule has 3 aromatic rings. The molecule has 0 aliphatic rings. The van der Waals surface area contributed by atoms with E-state index in [0.29, 0.717) is 16.4 Å². The van der Waals surface area contributed by atoms with Gasteiger partial charge < -0.3 is 0 Å². The Hall–Kier alpha value is -3.18. The third-order valence-corrected chi connectivity index (χ3v) is 4.23. The lowest BCUT2D eigenvalue weighted by atomic mass is 9.93. The SMILES string of the molecule is Cc1ccc(C(=CN=O)C(N=Nc2ccccn2)c2ccc(Cl)cc2)cc1. The largest absolute Gasteiger partial charge is 0.236 e. The van der Waals surface area contributed by atoms with Crippen molar-refractivity contribution >= 4 is 23.0 Å². The maximum Gasteiger partial charge on any atom is 0.173 e. The molecule has 5 nitrogen and oxygen atoms in total. The minimum Gasteiger partial charge on any atom is -0.236 e. The van der Waals surface area contributed by atoms with Gasteiger partial charge in [0.25, 0.3) is 0 Å². The molecule has 134 valence electrons. The summed E-state index contributed by atoms with van der Waals surface area (Å²) in [5, 5.41) is 12.3. The number of aryl methyl sites for hydroxylation is 1. The molecular weight excluding hydrogens is 360 g/mol. The Morgan fingerprint density at radius 3 is 2.41 bits per heavy atom. The van der Waals surface area contributed by atoms with Gasteiger partial charge in [-0.2, -0.15) is 5.11 Å². The molecule has 0 bridgehead atoms. The number of nitroso groups, excluding NO2 is 1. The zero-order valence-electron chi connectivity index (χ0n) is 14.7. The van der Waals surface area contributed by atoms with Crippen molar-refractivity contribution in [3.05, 3.63) is 106 Å². The molecule has 3 rings (SSSR count). The highest BCUT2D eigenvalue weighted by atomic mass is 35.5. The first-order chi connectivity index (χ1) is 13.2. The molecule has 0 radical (unpaired) electrons. The number of halogens is 1. The zero-order chi connectivity index (χ0) is 19.1. The standard InChI is InChI=1S/C21H17ClN4O/c1-15-5-7-16(8-6-15)19(14-24-27)21(17-9-11-18(22)12-10-17)26-25-20-4-2-3-13-23-20/h2-14,21H,1H3. The number of aromatic nitrogens is 1. The van der Waals surface area contributed by atoms with Gasteiger partial charge in [-0.3, -0.25) is 0 Å². The summed E-state index contributed by atoms with van der Waals surface area (Å²) in [6.07, 6.45) is 2.93. The fraction of sp³-hybridized carbons (Fsp3) is 0.0952. The quantitative estimate of drug-likeness (QED) is 0.356. The maximum absolute atomic E-state index is 11.1. The lowest BCUT2D eigenvalue weighted by Crippen LogP contribution is -1.99. The summed E-state index contributed by atoms with van der Waals surface area (Å²) in [6.45, 7) is 2.00. The summed E-state index contributed by atoms with van der Waals surface area (Å²) in [7, 11) is 0. The molecule has 0 spiro atoms. The summed E-state index contributed by atoms with van der Waals surface area (Å²) < 4.78 is 0. The molecule has 1 heterocycles. The number of rotatable bonds is 6. The normalized spacial score (nSPS) is 12.9. The van der Waals surface area contributed by atoms with Gasteiger partial charge in [0.1, 0.15) is 6.04 Å². The van der Waals surface area contributed by atoms with Gasteiger partial charge >= 0.3 is 0 Å². The van der Waals surface area contributed by atoms with Crippen molar-refractivity contribution in [2.45, 2.75) is 13.0 Å². The molecule has 27 heavy (non-hydrogen) atoms. The minimum absolute atomic E-state index is 0.485. The summed E-state index contributed by atoms with van der Waals surface area (Å²) in [4.78, 5) is 15.2. The highest BCUT2D eigenvalue weighted by Gasteiger charge is 2.19. The third-order valence-electron chi connectivity index (χ3n) is 3.98. The molecular formula is C21H17ClN4O. The van der Waals surface area contributed by atoms with Gasteiger partial charge in [-0.1, -0.05) is 59.6 Å². The van der Waals surface area contributed by atoms with E-state index in [1.807, 2.05) is 55.5 Å². The zero-order valence-corrected chi connectivity index (χ0v) is 15.4. The molecule has 1 atom stereocenters. The van der Waals surface area contributed by atoms with Crippen LogP contribution in [-0.2, 0) is 0 Å². The first-order valence-corrected chi connectivity index (χ1v) is 8.72. The lowest BCUT2D eigenvalue weighted by molar-refractivity contribution is 0.849. The Balaban J connectivity index is 2.07. The monoisotopic (exact) mass is 376 g/mol. The van der Waals surface area contributed by atoms with Crippen LogP contribution in [0.1, 0.15) is 22.7 Å². The highest BCUT2D eigenvalue weighted by Crippen LogP contribution is 2.35. The topological polar surface area (TPSA) is 67.0 Å². The molecule has 0 saturated carbocycles. The van der Waals surface area contributed by atoms with Crippen LogP contribution in [-0.4, -0.2) is 4.98 Å². The van der Waals surface area contributed by atoms with Crippen molar-refractivity contribution in [1.82, 2.24) is 4.98 Å². The number of hydrogen-bond acceptors (Lipinski definition) is 5. The first-order valence-electron chi connectivity index (χ1n) is 8.34. The van der Waals surface area contributed by atoms with Crippen molar-refractivity contribution in [3.63, 3.8) is 0 Å². The van der Waals surface area contributed by atoms with Crippen molar-refractivity contribution in [1.29, 1.82) is 0 Å². The van der Waals surface area contributed by atoms with E-state index >= 15 is 0 Å². The second-order valence-electron chi connectivity index (χ2n) is 5.91. The highest BCUT2D eigenvalue weighted by molar-refractivity contribution is 6.30. The second kappa shape index (κ2) is 8.96. The molecule has 0 amide bonds. The average Bonchev–Trinajstić information content (AvgIpc) is 2.70. The van der Waals surface area contributed by atoms with Crippen LogP contribution in [0.2, 0.25) is 5.02 Å². The van der Waals surface area contributed by atoms with Crippen LogP contribution < -0.4 is 0 Å². The Morgan fingerprint density at radius 2 is 1.78 bits per heavy atom. The Bertz CT molecular complexity index is 952. The van der Waals surface area contributed by atoms with Crippen molar-refractivity contribution in [3.8, 4) is 0 Å². The van der Waals surface area contributed by atoms with E-state index < -0.39 is 6.04 Å². The van der Waals surface area contributed by atoms with Crippen molar-refractivity contribution in [2.75, 3.05) is 0 Å². The molecule has 0 saturated heterocycles. The summed E-state index contributed by atoms with van der Waals surface area (Å²) in [5.41, 5.74) is 3.46. The Morgan fingerprint density at radius 1 is 1.04 bits per heavy atom. The van der Waals surface area contributed by atoms with Gasteiger partial charge in [-0.25, -0.2) is 4.98 Å². The molecule has 0 fully saturated rings. The van der Waals surface area contributed by atoms with E-state index in [2.05, 4.69) is 20.4 Å². The molecule has 6 heteroatoms. The predicted octanol–water partition coefficient (Wildman–Crippen LogP) is 6.68. The fourth-order valence-electron chi connectivity index (χ4n) is 2.59. The van der Waals surface area contributed by atoms with Gasteiger partial charge in [0.2, 0.25) is 0 Å². The molecule has 1 unspecified atom stereocenters. The van der Waals surface area contributed by atoms with Gasteiger partial charge in [-0.05, 0) is 47.5 Å². The maximum atomic E-state index is 11.1. The van der Waals surface area contributed by atoms with Gasteiger partial charge in [-0.15, -0.1) is 10.0 Å². The van der Waals surface area contributed by atoms with E-state index in [1.165, 1.54) is 6.20 Å². The number of benzene rings is 2. The van der Waals surface area contributed by atoms with Crippen LogP contribution in [0.4, 0.5) is 5.82 Å². The second-order valence-corrected chi connectivity index (χ2v) is 6.35. The number of azo groups is 1. The first kappa shape index (κ1) is 18.6. The van der Waals surface area contributed by atoms with E-state index in [0.717, 1.165) is 16.7 Å². The summed E-state index contributed by atoms with van der Waals surface area (Å²) >= 11 is 6.02. The Labute approximate surface area is 162 Å². The fourth-order valence-corrected chi connectivity index (χ4v) is 2.72. The molecule has 0 aliphatic heterocycles. The van der Waals surface area contributed by atoms with E-state index in [-0.39, 0.29) is 0 Å². The van der Waals surface area contributed by atoms with Crippen LogP contribution in [0.15, 0.2) is 94.5 Å². The smallest absolute Gasteiger partial charge is 0.173 e. The third kappa shape index (κ3) is 4.92. The van der Waals surface area contributed by atoms with E-state index in [4.69, 9.17) is 11.6 Å². The van der Waals surface area contributed by atoms with E-state index in [9.17, 15) is 4.91 Å². The average molecular weight is 377 g/mol. The van der Waals surface area contributed by atoms with E-state index in [1.54, 1.807) is 24.4 Å². The van der Waals surface area contributed by atoms with Crippen LogP contribution in [0, 0.1) is 11.8 Å². The lowest BCUT2D eigenvalue weighted by Gasteiger charge is -2.16. The van der Waals surface area contributed by atoms with Gasteiger partial charge in [0.15, 0.2) is 5.82 Å². The summed E-state index contributed by atoms with van der Waals surface area (Å²) in [5.74, 6) is 0.485. The van der Waals surface area contributed by atoms with Crippen LogP contribution >= 0.6 is 11.6 Å². The minimum atomic E-state index is -0.523. The molecule has 0 aliphatic carbocycles.